The van der Waals surface area contributed by atoms with Crippen LogP contribution < -0.4 is 52.1 Å². The van der Waals surface area contributed by atoms with Crippen molar-refractivity contribution in [3.63, 3.8) is 0 Å². The molecule has 20 rings (SSSR count). The van der Waals surface area contributed by atoms with E-state index in [1.165, 1.54) is 39.9 Å². The van der Waals surface area contributed by atoms with Gasteiger partial charge in [-0.05, 0) is 258 Å². The number of aromatic hydroxyl groups is 9. The molecule has 0 saturated carbocycles. The molecule has 20 nitrogen and oxygen atoms in total. The Labute approximate surface area is 812 Å². The first-order chi connectivity index (χ1) is 66.8. The number of rotatable bonds is 16. The molecule has 0 spiro atoms. The van der Waals surface area contributed by atoms with Crippen LogP contribution in [0.5, 0.6) is 115 Å². The van der Waals surface area contributed by atoms with Crippen LogP contribution in [-0.2, 0) is 0 Å². The number of fused-ring (bicyclic) bond motifs is 5. The van der Waals surface area contributed by atoms with Crippen LogP contribution in [0, 0.1) is 41.5 Å². The van der Waals surface area contributed by atoms with E-state index < -0.39 is 0 Å². The number of hydrogen-bond acceptors (Lipinski definition) is 20. The first-order valence-corrected chi connectivity index (χ1v) is 46.5. The quantitative estimate of drug-likeness (QED) is 0.0406. The fourth-order valence-corrected chi connectivity index (χ4v) is 20.1. The molecule has 5 aliphatic heterocycles. The molecule has 0 bridgehead atoms. The van der Waals surface area contributed by atoms with Gasteiger partial charge in [-0.15, -0.1) is 0 Å². The Balaban J connectivity index is 0.000000125. The minimum Gasteiger partial charge on any atom is -0.508 e. The van der Waals surface area contributed by atoms with Crippen molar-refractivity contribution < 1.29 is 98.1 Å². The molecule has 21 heteroatoms. The zero-order chi connectivity index (χ0) is 97.3. The Kier molecular flexibility index (Phi) is 29.4. The van der Waals surface area contributed by atoms with Gasteiger partial charge in [0.2, 0.25) is 0 Å². The number of phenolic OH excluding ortho intramolecular Hbond substituents is 9. The van der Waals surface area contributed by atoms with E-state index in [2.05, 4.69) is 134 Å². The van der Waals surface area contributed by atoms with Gasteiger partial charge in [0, 0.05) is 104 Å². The molecule has 0 aliphatic carbocycles. The highest BCUT2D eigenvalue weighted by Crippen LogP contribution is 2.57. The number of aryl methyl sites for hydroxylation is 2. The summed E-state index contributed by atoms with van der Waals surface area (Å²) in [5.74, 6) is 9.95. The normalized spacial score (nSPS) is 18.3. The van der Waals surface area contributed by atoms with Crippen molar-refractivity contribution in [3.8, 4) is 115 Å². The number of methoxy groups -OCH3 is 6. The second kappa shape index (κ2) is 42.4. The fraction of sp³-hybridized carbons (Fsp3) is 0.231. The lowest BCUT2D eigenvalue weighted by Crippen LogP contribution is -2.26. The summed E-state index contributed by atoms with van der Waals surface area (Å²) in [7, 11) is 9.97. The van der Waals surface area contributed by atoms with E-state index in [0.29, 0.717) is 48.8 Å². The molecule has 0 amide bonds. The first-order valence-electron chi connectivity index (χ1n) is 45.7. The van der Waals surface area contributed by atoms with Gasteiger partial charge in [-0.3, -0.25) is 0 Å². The second-order valence-corrected chi connectivity index (χ2v) is 36.0. The number of benzene rings is 15. The van der Waals surface area contributed by atoms with E-state index in [9.17, 15) is 46.0 Å². The maximum absolute atomic E-state index is 10.1. The molecule has 10 unspecified atom stereocenters. The van der Waals surface area contributed by atoms with Crippen LogP contribution in [0.15, 0.2) is 296 Å². The minimum absolute atomic E-state index is 0.00880. The van der Waals surface area contributed by atoms with Crippen LogP contribution >= 0.6 is 15.9 Å². The van der Waals surface area contributed by atoms with Gasteiger partial charge in [-0.25, -0.2) is 0 Å². The van der Waals surface area contributed by atoms with Gasteiger partial charge in [0.15, 0.2) is 23.0 Å². The standard InChI is InChI=1S/2C24H24O4.C23H21BrO3.C23H22O5.C23H22O4/c1-14-4-10-19-23(16-5-8-18(27-3)9-6-16)20(13-28-24(19)15(14)2)17-7-11-21(25)22(26)12-17;1-15-22(25)12-11-20-23(16-7-9-18(26-2)10-8-16)21(14-28-24(15)20)17-5-4-6-19(13-17)27-3;1-14-3-5-15(6-4-14)19-13-27-23-18(11-12-20(25)22(23)24)21(19)16-7-9-17(26-2)10-8-16;1-13-19(24)10-8-17-22(14-3-6-16(27-2)7-4-14)18(12-28-23(13)17)15-5-9-20(25)21(26)11-15;1-14-21(25)11-10-19-22(15-6-8-18(26-2)9-7-15)20(13-27-23(14)19)16-4-3-5-17(24)12-16/h4-12,20,23,25-26H,13H2,1-3H3;4-13,21,23,25H,14H2,1-3H3;3-12,19,21,25H,13H2,1-2H3;3-11,18,22,24-26H,12H2,1-2H3;3-12,20,22,24-25H,13H2,1-2H3. The molecule has 15 aromatic carbocycles. The average molecular weight is 1920 g/mol. The molecule has 10 atom stereocenters. The summed E-state index contributed by atoms with van der Waals surface area (Å²) in [6.07, 6.45) is 0. The molecule has 5 aliphatic rings. The summed E-state index contributed by atoms with van der Waals surface area (Å²) in [5.41, 5.74) is 22.1. The maximum atomic E-state index is 10.1. The lowest BCUT2D eigenvalue weighted by molar-refractivity contribution is 0.245. The highest BCUT2D eigenvalue weighted by atomic mass is 79.9. The van der Waals surface area contributed by atoms with E-state index in [0.717, 1.165) is 141 Å². The summed E-state index contributed by atoms with van der Waals surface area (Å²) in [6, 6.07) is 93.4. The molecule has 9 N–H and O–H groups in total. The zero-order valence-electron chi connectivity index (χ0n) is 78.9. The minimum atomic E-state index is -0.154. The number of hydrogen-bond donors (Lipinski definition) is 9. The van der Waals surface area contributed by atoms with Crippen molar-refractivity contribution in [2.75, 3.05) is 75.7 Å². The highest BCUT2D eigenvalue weighted by Gasteiger charge is 2.42. The van der Waals surface area contributed by atoms with E-state index in [1.54, 1.807) is 97.3 Å². The predicted octanol–water partition coefficient (Wildman–Crippen LogP) is 25.0. The van der Waals surface area contributed by atoms with E-state index >= 15 is 0 Å². The summed E-state index contributed by atoms with van der Waals surface area (Å²) in [6.45, 7) is 14.3. The van der Waals surface area contributed by atoms with Gasteiger partial charge in [0.05, 0.1) is 75.7 Å². The SMILES string of the molecule is COc1ccc(C2c3ccc(C)c(C)c3OCC2c2ccc(O)c(O)c2)cc1.COc1ccc(C2c3ccc(O)c(Br)c3OCC2c2ccc(C)cc2)cc1.COc1ccc(C2c3ccc(O)c(C)c3OCC2c2ccc(O)c(O)c2)cc1.COc1ccc(C2c3ccc(O)c(C)c3OCC2c2cccc(O)c2)cc1.COc1ccc(C2c3ccc(O)c(C)c3OCC2c2cccc(OC)c2)cc1. The summed E-state index contributed by atoms with van der Waals surface area (Å²) < 4.78 is 63.1. The van der Waals surface area contributed by atoms with Crippen molar-refractivity contribution in [2.24, 2.45) is 0 Å². The molecular weight excluding hydrogens is 1810 g/mol. The molecular formula is C117H113BrO20. The smallest absolute Gasteiger partial charge is 0.157 e. The van der Waals surface area contributed by atoms with Gasteiger partial charge in [0.25, 0.3) is 0 Å². The molecule has 708 valence electrons. The van der Waals surface area contributed by atoms with Crippen LogP contribution in [0.2, 0.25) is 0 Å². The van der Waals surface area contributed by atoms with Crippen LogP contribution in [0.1, 0.15) is 176 Å². The number of halogens is 1. The van der Waals surface area contributed by atoms with E-state index in [1.807, 2.05) is 148 Å². The van der Waals surface area contributed by atoms with Crippen molar-refractivity contribution in [1.29, 1.82) is 0 Å². The first kappa shape index (κ1) is 95.9. The summed E-state index contributed by atoms with van der Waals surface area (Å²) >= 11 is 3.48. The third kappa shape index (κ3) is 20.2. The summed E-state index contributed by atoms with van der Waals surface area (Å²) in [4.78, 5) is 0. The Morgan fingerprint density at radius 2 is 0.486 bits per heavy atom. The van der Waals surface area contributed by atoms with Crippen molar-refractivity contribution in [3.05, 3.63) is 412 Å². The van der Waals surface area contributed by atoms with Crippen molar-refractivity contribution >= 4 is 15.9 Å². The van der Waals surface area contributed by atoms with Crippen LogP contribution in [0.3, 0.4) is 0 Å². The predicted molar refractivity (Wildman–Crippen MR) is 537 cm³/mol. The number of phenols is 9. The van der Waals surface area contributed by atoms with Crippen LogP contribution in [0.25, 0.3) is 0 Å². The maximum Gasteiger partial charge on any atom is 0.157 e. The van der Waals surface area contributed by atoms with Crippen LogP contribution in [-0.4, -0.2) is 122 Å². The molecule has 0 saturated heterocycles. The molecule has 0 radical (unpaired) electrons. The Hall–Kier alpha value is -15.2. The Bertz CT molecular complexity index is 6640. The van der Waals surface area contributed by atoms with Gasteiger partial charge < -0.3 is 98.1 Å². The number of ether oxygens (including phenoxy) is 11. The van der Waals surface area contributed by atoms with E-state index in [-0.39, 0.29) is 111 Å². The third-order valence-electron chi connectivity index (χ3n) is 27.3. The zero-order valence-corrected chi connectivity index (χ0v) is 80.5. The molecule has 0 fully saturated rings. The van der Waals surface area contributed by atoms with Crippen LogP contribution in [0.4, 0.5) is 0 Å². The van der Waals surface area contributed by atoms with Crippen molar-refractivity contribution in [1.82, 2.24) is 0 Å². The molecule has 138 heavy (non-hydrogen) atoms. The lowest BCUT2D eigenvalue weighted by Gasteiger charge is -2.35. The average Bonchev–Trinajstić information content (AvgIpc) is 0.775. The van der Waals surface area contributed by atoms with Gasteiger partial charge in [-0.1, -0.05) is 163 Å². The second-order valence-electron chi connectivity index (χ2n) is 35.2. The summed E-state index contributed by atoms with van der Waals surface area (Å²) in [5, 5.41) is 89.8. The lowest BCUT2D eigenvalue weighted by atomic mass is 9.75. The monoisotopic (exact) mass is 1920 g/mol. The topological polar surface area (TPSA) is 284 Å². The molecule has 15 aromatic rings. The van der Waals surface area contributed by atoms with Gasteiger partial charge in [0.1, 0.15) is 96.5 Å². The third-order valence-corrected chi connectivity index (χ3v) is 28.1. The highest BCUT2D eigenvalue weighted by molar-refractivity contribution is 9.10. The Morgan fingerprint density at radius 1 is 0.225 bits per heavy atom. The van der Waals surface area contributed by atoms with Gasteiger partial charge in [-0.2, -0.15) is 0 Å². The van der Waals surface area contributed by atoms with E-state index in [4.69, 9.17) is 52.1 Å². The Morgan fingerprint density at radius 3 is 0.812 bits per heavy atom. The van der Waals surface area contributed by atoms with Crippen molar-refractivity contribution in [2.45, 2.75) is 101 Å². The molecule has 0 aromatic heterocycles. The fourth-order valence-electron chi connectivity index (χ4n) is 19.6. The largest absolute Gasteiger partial charge is 0.508 e. The molecule has 5 heterocycles. The van der Waals surface area contributed by atoms with Gasteiger partial charge >= 0.3 is 0 Å².